The molecule has 128 valence electrons. The van der Waals surface area contributed by atoms with Gasteiger partial charge >= 0.3 is 0 Å². The Morgan fingerprint density at radius 1 is 0.962 bits per heavy atom. The lowest BCUT2D eigenvalue weighted by molar-refractivity contribution is -0.384. The zero-order valence-corrected chi connectivity index (χ0v) is 13.5. The monoisotopic (exact) mass is 347 g/mol. The summed E-state index contributed by atoms with van der Waals surface area (Å²) in [5.74, 6) is 1.35. The van der Waals surface area contributed by atoms with Crippen molar-refractivity contribution in [1.29, 1.82) is 0 Å². The predicted octanol–water partition coefficient (Wildman–Crippen LogP) is 4.38. The van der Waals surface area contributed by atoms with Gasteiger partial charge in [0.25, 0.3) is 11.6 Å². The highest BCUT2D eigenvalue weighted by Crippen LogP contribution is 2.26. The molecule has 0 amide bonds. The van der Waals surface area contributed by atoms with E-state index >= 15 is 0 Å². The van der Waals surface area contributed by atoms with Gasteiger partial charge in [0.1, 0.15) is 5.75 Å². The summed E-state index contributed by atoms with van der Waals surface area (Å²) in [5, 5.41) is 20.7. The van der Waals surface area contributed by atoms with Gasteiger partial charge in [-0.2, -0.15) is 0 Å². The SMILES string of the molecule is O=[N+]([O-])c1ccc(-c2nnc(COc3cccc4ccccc34)o2)cc1. The second kappa shape index (κ2) is 6.64. The summed E-state index contributed by atoms with van der Waals surface area (Å²) in [7, 11) is 0. The molecule has 0 N–H and O–H groups in total. The van der Waals surface area contributed by atoms with Crippen LogP contribution < -0.4 is 4.74 Å². The van der Waals surface area contributed by atoms with E-state index < -0.39 is 4.92 Å². The van der Waals surface area contributed by atoms with E-state index in [0.717, 1.165) is 16.5 Å². The van der Waals surface area contributed by atoms with Crippen LogP contribution in [0.1, 0.15) is 5.89 Å². The first-order valence-electron chi connectivity index (χ1n) is 7.88. The number of benzene rings is 3. The summed E-state index contributed by atoms with van der Waals surface area (Å²) in [6.45, 7) is 0.133. The van der Waals surface area contributed by atoms with Crippen LogP contribution in [0.25, 0.3) is 22.2 Å². The van der Waals surface area contributed by atoms with Gasteiger partial charge in [0.2, 0.25) is 5.89 Å². The molecule has 4 rings (SSSR count). The normalized spacial score (nSPS) is 10.8. The molecule has 0 bridgehead atoms. The van der Waals surface area contributed by atoms with Gasteiger partial charge in [-0.15, -0.1) is 10.2 Å². The molecular formula is C19H13N3O4. The molecule has 0 aliphatic carbocycles. The third kappa shape index (κ3) is 3.10. The standard InChI is InChI=1S/C19H13N3O4/c23-22(24)15-10-8-14(9-11-15)19-21-20-18(26-19)12-25-17-7-3-5-13-4-1-2-6-16(13)17/h1-11H,12H2. The predicted molar refractivity (Wildman–Crippen MR) is 94.7 cm³/mol. The van der Waals surface area contributed by atoms with Crippen molar-refractivity contribution >= 4 is 16.5 Å². The van der Waals surface area contributed by atoms with Gasteiger partial charge in [-0.3, -0.25) is 10.1 Å². The molecule has 4 aromatic rings. The van der Waals surface area contributed by atoms with Gasteiger partial charge in [-0.25, -0.2) is 0 Å². The lowest BCUT2D eigenvalue weighted by atomic mass is 10.1. The van der Waals surface area contributed by atoms with Crippen LogP contribution in [-0.2, 0) is 6.61 Å². The summed E-state index contributed by atoms with van der Waals surface area (Å²) >= 11 is 0. The summed E-state index contributed by atoms with van der Waals surface area (Å²) < 4.78 is 11.4. The Morgan fingerprint density at radius 3 is 2.54 bits per heavy atom. The highest BCUT2D eigenvalue weighted by atomic mass is 16.6. The number of hydrogen-bond acceptors (Lipinski definition) is 6. The molecule has 0 radical (unpaired) electrons. The van der Waals surface area contributed by atoms with Crippen LogP contribution in [0, 0.1) is 10.1 Å². The quantitative estimate of drug-likeness (QED) is 0.393. The minimum Gasteiger partial charge on any atom is -0.483 e. The fourth-order valence-electron chi connectivity index (χ4n) is 2.62. The van der Waals surface area contributed by atoms with Crippen LogP contribution in [-0.4, -0.2) is 15.1 Å². The minimum absolute atomic E-state index is 0.00720. The first-order chi connectivity index (χ1) is 12.7. The maximum Gasteiger partial charge on any atom is 0.269 e. The Morgan fingerprint density at radius 2 is 1.73 bits per heavy atom. The van der Waals surface area contributed by atoms with Gasteiger partial charge in [0.05, 0.1) is 4.92 Å². The molecule has 0 saturated carbocycles. The molecule has 0 atom stereocenters. The first kappa shape index (κ1) is 15.8. The second-order valence-corrected chi connectivity index (χ2v) is 5.57. The van der Waals surface area contributed by atoms with E-state index in [0.29, 0.717) is 11.5 Å². The number of hydrogen-bond donors (Lipinski definition) is 0. The van der Waals surface area contributed by atoms with Crippen molar-refractivity contribution in [2.75, 3.05) is 0 Å². The molecular weight excluding hydrogens is 334 g/mol. The van der Waals surface area contributed by atoms with Crippen molar-refractivity contribution in [2.45, 2.75) is 6.61 Å². The number of aromatic nitrogens is 2. The van der Waals surface area contributed by atoms with Crippen molar-refractivity contribution in [2.24, 2.45) is 0 Å². The van der Waals surface area contributed by atoms with E-state index in [-0.39, 0.29) is 18.2 Å². The van der Waals surface area contributed by atoms with E-state index in [1.807, 2.05) is 42.5 Å². The molecule has 7 nitrogen and oxygen atoms in total. The maximum atomic E-state index is 10.7. The summed E-state index contributed by atoms with van der Waals surface area (Å²) in [6.07, 6.45) is 0. The molecule has 1 aromatic heterocycles. The number of nitro groups is 1. The van der Waals surface area contributed by atoms with E-state index in [9.17, 15) is 10.1 Å². The van der Waals surface area contributed by atoms with E-state index in [2.05, 4.69) is 10.2 Å². The van der Waals surface area contributed by atoms with Crippen molar-refractivity contribution in [3.05, 3.63) is 82.7 Å². The summed E-state index contributed by atoms with van der Waals surface area (Å²) in [6, 6.07) is 19.7. The number of nitro benzene ring substituents is 1. The molecule has 0 unspecified atom stereocenters. The fraction of sp³-hybridized carbons (Fsp3) is 0.0526. The van der Waals surface area contributed by atoms with Crippen LogP contribution in [0.5, 0.6) is 5.75 Å². The zero-order chi connectivity index (χ0) is 17.9. The third-order valence-corrected chi connectivity index (χ3v) is 3.89. The van der Waals surface area contributed by atoms with Gasteiger partial charge in [0, 0.05) is 23.1 Å². The Balaban J connectivity index is 1.51. The Bertz CT molecular complexity index is 1070. The molecule has 1 heterocycles. The van der Waals surface area contributed by atoms with Crippen LogP contribution in [0.4, 0.5) is 5.69 Å². The molecule has 0 saturated heterocycles. The molecule has 26 heavy (non-hydrogen) atoms. The Hall–Kier alpha value is -3.74. The van der Waals surface area contributed by atoms with Gasteiger partial charge in [0.15, 0.2) is 6.61 Å². The molecule has 0 aliphatic rings. The molecule has 0 spiro atoms. The van der Waals surface area contributed by atoms with Gasteiger partial charge < -0.3 is 9.15 Å². The topological polar surface area (TPSA) is 91.3 Å². The van der Waals surface area contributed by atoms with Crippen molar-refractivity contribution in [1.82, 2.24) is 10.2 Å². The largest absolute Gasteiger partial charge is 0.483 e. The molecule has 0 aliphatic heterocycles. The maximum absolute atomic E-state index is 10.7. The highest BCUT2D eigenvalue weighted by Gasteiger charge is 2.12. The zero-order valence-electron chi connectivity index (χ0n) is 13.5. The van der Waals surface area contributed by atoms with Crippen LogP contribution >= 0.6 is 0 Å². The smallest absolute Gasteiger partial charge is 0.269 e. The van der Waals surface area contributed by atoms with Crippen LogP contribution in [0.15, 0.2) is 71.1 Å². The number of non-ortho nitro benzene ring substituents is 1. The Labute approximate surface area is 148 Å². The number of nitrogens with zero attached hydrogens (tertiary/aromatic N) is 3. The fourth-order valence-corrected chi connectivity index (χ4v) is 2.62. The van der Waals surface area contributed by atoms with E-state index in [4.69, 9.17) is 9.15 Å². The molecule has 0 fully saturated rings. The highest BCUT2D eigenvalue weighted by molar-refractivity contribution is 5.88. The van der Waals surface area contributed by atoms with Crippen molar-refractivity contribution < 1.29 is 14.1 Å². The number of fused-ring (bicyclic) bond motifs is 1. The van der Waals surface area contributed by atoms with Gasteiger partial charge in [-0.1, -0.05) is 36.4 Å². The summed E-state index contributed by atoms with van der Waals surface area (Å²) in [4.78, 5) is 10.2. The van der Waals surface area contributed by atoms with Crippen molar-refractivity contribution in [3.8, 4) is 17.2 Å². The average molecular weight is 347 g/mol. The number of ether oxygens (including phenoxy) is 1. The number of rotatable bonds is 5. The van der Waals surface area contributed by atoms with E-state index in [1.165, 1.54) is 12.1 Å². The lowest BCUT2D eigenvalue weighted by Crippen LogP contribution is -1.96. The first-order valence-corrected chi connectivity index (χ1v) is 7.88. The summed E-state index contributed by atoms with van der Waals surface area (Å²) in [5.41, 5.74) is 0.618. The Kier molecular flexibility index (Phi) is 4.03. The third-order valence-electron chi connectivity index (χ3n) is 3.89. The van der Waals surface area contributed by atoms with E-state index in [1.54, 1.807) is 12.1 Å². The average Bonchev–Trinajstić information content (AvgIpc) is 3.15. The van der Waals surface area contributed by atoms with Crippen molar-refractivity contribution in [3.63, 3.8) is 0 Å². The molecule has 7 heteroatoms. The second-order valence-electron chi connectivity index (χ2n) is 5.57. The molecule has 3 aromatic carbocycles. The lowest BCUT2D eigenvalue weighted by Gasteiger charge is -2.07. The van der Waals surface area contributed by atoms with Gasteiger partial charge in [-0.05, 0) is 23.6 Å². The van der Waals surface area contributed by atoms with Crippen LogP contribution in [0.2, 0.25) is 0 Å². The van der Waals surface area contributed by atoms with Crippen LogP contribution in [0.3, 0.4) is 0 Å². The minimum atomic E-state index is -0.457.